The van der Waals surface area contributed by atoms with Crippen LogP contribution >= 0.6 is 0 Å². The lowest BCUT2D eigenvalue weighted by molar-refractivity contribution is -0.122. The zero-order valence-corrected chi connectivity index (χ0v) is 13.2. The fourth-order valence-electron chi connectivity index (χ4n) is 2.77. The van der Waals surface area contributed by atoms with Gasteiger partial charge in [0.2, 0.25) is 5.91 Å². The quantitative estimate of drug-likeness (QED) is 0.922. The van der Waals surface area contributed by atoms with Crippen molar-refractivity contribution in [3.8, 4) is 11.5 Å². The lowest BCUT2D eigenvalue weighted by Gasteiger charge is -2.19. The summed E-state index contributed by atoms with van der Waals surface area (Å²) >= 11 is 0. The van der Waals surface area contributed by atoms with Gasteiger partial charge in [0.1, 0.15) is 13.2 Å². The Morgan fingerprint density at radius 1 is 1.09 bits per heavy atom. The fraction of sp³-hybridized carbons (Fsp3) is 0.316. The van der Waals surface area contributed by atoms with Gasteiger partial charge < -0.3 is 14.8 Å². The van der Waals surface area contributed by atoms with E-state index in [4.69, 9.17) is 9.47 Å². The molecule has 0 fully saturated rings. The molecule has 0 radical (unpaired) electrons. The molecule has 4 nitrogen and oxygen atoms in total. The van der Waals surface area contributed by atoms with Crippen molar-refractivity contribution in [2.75, 3.05) is 13.2 Å². The SMILES string of the molecule is CCC(C(=O)NCc1ccc2c(c1)OCCO2)c1ccccc1. The summed E-state index contributed by atoms with van der Waals surface area (Å²) in [5, 5.41) is 3.02. The van der Waals surface area contributed by atoms with Crippen LogP contribution in [0.5, 0.6) is 11.5 Å². The molecule has 0 bridgehead atoms. The van der Waals surface area contributed by atoms with E-state index in [9.17, 15) is 4.79 Å². The van der Waals surface area contributed by atoms with Crippen molar-refractivity contribution in [1.82, 2.24) is 5.32 Å². The highest BCUT2D eigenvalue weighted by Gasteiger charge is 2.18. The Bertz CT molecular complexity index is 670. The average Bonchev–Trinajstić information content (AvgIpc) is 2.61. The Morgan fingerprint density at radius 3 is 2.57 bits per heavy atom. The van der Waals surface area contributed by atoms with Gasteiger partial charge in [0.15, 0.2) is 11.5 Å². The number of fused-ring (bicyclic) bond motifs is 1. The predicted octanol–water partition coefficient (Wildman–Crippen LogP) is 3.27. The van der Waals surface area contributed by atoms with Gasteiger partial charge in [-0.3, -0.25) is 4.79 Å². The van der Waals surface area contributed by atoms with Gasteiger partial charge in [-0.15, -0.1) is 0 Å². The van der Waals surface area contributed by atoms with Gasteiger partial charge in [-0.05, 0) is 29.7 Å². The van der Waals surface area contributed by atoms with E-state index in [0.717, 1.165) is 29.0 Å². The van der Waals surface area contributed by atoms with Gasteiger partial charge in [0, 0.05) is 6.54 Å². The maximum absolute atomic E-state index is 12.5. The molecular weight excluding hydrogens is 290 g/mol. The number of nitrogens with one attached hydrogen (secondary N) is 1. The van der Waals surface area contributed by atoms with Crippen LogP contribution in [0.15, 0.2) is 48.5 Å². The predicted molar refractivity (Wildman–Crippen MR) is 88.8 cm³/mol. The van der Waals surface area contributed by atoms with E-state index in [1.807, 2.05) is 55.5 Å². The summed E-state index contributed by atoms with van der Waals surface area (Å²) in [5.41, 5.74) is 2.06. The van der Waals surface area contributed by atoms with Crippen molar-refractivity contribution >= 4 is 5.91 Å². The van der Waals surface area contributed by atoms with Crippen LogP contribution < -0.4 is 14.8 Å². The molecule has 1 N–H and O–H groups in total. The van der Waals surface area contributed by atoms with Crippen LogP contribution in [-0.4, -0.2) is 19.1 Å². The van der Waals surface area contributed by atoms with Gasteiger partial charge in [0.05, 0.1) is 5.92 Å². The van der Waals surface area contributed by atoms with Crippen LogP contribution in [-0.2, 0) is 11.3 Å². The second kappa shape index (κ2) is 7.18. The van der Waals surface area contributed by atoms with E-state index in [1.54, 1.807) is 0 Å². The molecule has 120 valence electrons. The second-order valence-electron chi connectivity index (χ2n) is 5.57. The normalized spacial score (nSPS) is 14.1. The molecule has 1 heterocycles. The van der Waals surface area contributed by atoms with Crippen molar-refractivity contribution in [3.63, 3.8) is 0 Å². The van der Waals surface area contributed by atoms with Gasteiger partial charge >= 0.3 is 0 Å². The minimum absolute atomic E-state index is 0.0496. The highest BCUT2D eigenvalue weighted by atomic mass is 16.6. The van der Waals surface area contributed by atoms with Crippen molar-refractivity contribution in [1.29, 1.82) is 0 Å². The molecule has 1 amide bonds. The van der Waals surface area contributed by atoms with E-state index in [1.165, 1.54) is 0 Å². The van der Waals surface area contributed by atoms with Crippen molar-refractivity contribution in [2.24, 2.45) is 0 Å². The smallest absolute Gasteiger partial charge is 0.227 e. The number of benzene rings is 2. The Hall–Kier alpha value is -2.49. The molecule has 0 saturated carbocycles. The average molecular weight is 311 g/mol. The molecule has 1 aliphatic heterocycles. The Labute approximate surface area is 136 Å². The highest BCUT2D eigenvalue weighted by Crippen LogP contribution is 2.30. The van der Waals surface area contributed by atoms with Gasteiger partial charge in [-0.1, -0.05) is 43.3 Å². The maximum atomic E-state index is 12.5. The standard InChI is InChI=1S/C19H21NO3/c1-2-16(15-6-4-3-5-7-15)19(21)20-13-14-8-9-17-18(12-14)23-11-10-22-17/h3-9,12,16H,2,10-11,13H2,1H3,(H,20,21). The summed E-state index contributed by atoms with van der Waals surface area (Å²) in [6, 6.07) is 15.7. The summed E-state index contributed by atoms with van der Waals surface area (Å²) < 4.78 is 11.1. The minimum atomic E-state index is -0.117. The first-order valence-corrected chi connectivity index (χ1v) is 7.99. The lowest BCUT2D eigenvalue weighted by atomic mass is 9.95. The van der Waals surface area contributed by atoms with Gasteiger partial charge in [-0.2, -0.15) is 0 Å². The van der Waals surface area contributed by atoms with E-state index in [-0.39, 0.29) is 11.8 Å². The third-order valence-corrected chi connectivity index (χ3v) is 4.00. The summed E-state index contributed by atoms with van der Waals surface area (Å²) in [4.78, 5) is 12.5. The second-order valence-corrected chi connectivity index (χ2v) is 5.57. The number of amides is 1. The number of ether oxygens (including phenoxy) is 2. The summed E-state index contributed by atoms with van der Waals surface area (Å²) in [5.74, 6) is 1.45. The first-order valence-electron chi connectivity index (χ1n) is 7.99. The van der Waals surface area contributed by atoms with Crippen LogP contribution in [0.2, 0.25) is 0 Å². The third-order valence-electron chi connectivity index (χ3n) is 4.00. The first kappa shape index (κ1) is 15.4. The first-order chi connectivity index (χ1) is 11.3. The molecule has 1 aliphatic rings. The molecule has 23 heavy (non-hydrogen) atoms. The summed E-state index contributed by atoms with van der Waals surface area (Å²) in [7, 11) is 0. The van der Waals surface area contributed by atoms with Gasteiger partial charge in [-0.25, -0.2) is 0 Å². The van der Waals surface area contributed by atoms with Crippen molar-refractivity contribution < 1.29 is 14.3 Å². The summed E-state index contributed by atoms with van der Waals surface area (Å²) in [6.07, 6.45) is 0.775. The molecule has 1 unspecified atom stereocenters. The van der Waals surface area contributed by atoms with Crippen molar-refractivity contribution in [2.45, 2.75) is 25.8 Å². The number of hydrogen-bond acceptors (Lipinski definition) is 3. The molecule has 3 rings (SSSR count). The van der Waals surface area contributed by atoms with E-state index >= 15 is 0 Å². The third kappa shape index (κ3) is 3.65. The van der Waals surface area contributed by atoms with E-state index in [0.29, 0.717) is 19.8 Å². The van der Waals surface area contributed by atoms with Crippen LogP contribution in [0.3, 0.4) is 0 Å². The molecule has 4 heteroatoms. The molecular formula is C19H21NO3. The number of hydrogen-bond donors (Lipinski definition) is 1. The van der Waals surface area contributed by atoms with E-state index in [2.05, 4.69) is 5.32 Å². The molecule has 0 saturated heterocycles. The lowest BCUT2D eigenvalue weighted by Crippen LogP contribution is -2.28. The van der Waals surface area contributed by atoms with Crippen LogP contribution in [0.4, 0.5) is 0 Å². The van der Waals surface area contributed by atoms with Crippen LogP contribution in [0.1, 0.15) is 30.4 Å². The zero-order chi connectivity index (χ0) is 16.1. The fourth-order valence-corrected chi connectivity index (χ4v) is 2.77. The Balaban J connectivity index is 1.64. The molecule has 0 aromatic heterocycles. The van der Waals surface area contributed by atoms with Gasteiger partial charge in [0.25, 0.3) is 0 Å². The highest BCUT2D eigenvalue weighted by molar-refractivity contribution is 5.83. The minimum Gasteiger partial charge on any atom is -0.486 e. The Kier molecular flexibility index (Phi) is 4.81. The topological polar surface area (TPSA) is 47.6 Å². The van der Waals surface area contributed by atoms with Crippen LogP contribution in [0.25, 0.3) is 0 Å². The van der Waals surface area contributed by atoms with Crippen molar-refractivity contribution in [3.05, 3.63) is 59.7 Å². The molecule has 1 atom stereocenters. The largest absolute Gasteiger partial charge is 0.486 e. The number of carbonyl (C=O) groups excluding carboxylic acids is 1. The monoisotopic (exact) mass is 311 g/mol. The number of rotatable bonds is 5. The number of carbonyl (C=O) groups is 1. The molecule has 0 spiro atoms. The zero-order valence-electron chi connectivity index (χ0n) is 13.2. The maximum Gasteiger partial charge on any atom is 0.227 e. The molecule has 2 aromatic carbocycles. The molecule has 0 aliphatic carbocycles. The Morgan fingerprint density at radius 2 is 1.83 bits per heavy atom. The van der Waals surface area contributed by atoms with Crippen LogP contribution in [0, 0.1) is 0 Å². The molecule has 2 aromatic rings. The van der Waals surface area contributed by atoms with E-state index < -0.39 is 0 Å². The summed E-state index contributed by atoms with van der Waals surface area (Å²) in [6.45, 7) is 3.66.